The van der Waals surface area contributed by atoms with E-state index in [-0.39, 0.29) is 5.91 Å². The van der Waals surface area contributed by atoms with Crippen LogP contribution >= 0.6 is 15.9 Å². The fourth-order valence-corrected chi connectivity index (χ4v) is 4.12. The van der Waals surface area contributed by atoms with Crippen LogP contribution in [-0.4, -0.2) is 36.0 Å². The van der Waals surface area contributed by atoms with Gasteiger partial charge in [0.2, 0.25) is 5.91 Å². The molecule has 1 N–H and O–H groups in total. The number of nitrogens with one attached hydrogen (secondary N) is 1. The Bertz CT molecular complexity index is 1240. The van der Waals surface area contributed by atoms with Crippen molar-refractivity contribution >= 4 is 27.5 Å². The van der Waals surface area contributed by atoms with Gasteiger partial charge in [0.25, 0.3) is 0 Å². The average molecular weight is 502 g/mol. The van der Waals surface area contributed by atoms with Crippen LogP contribution in [0.1, 0.15) is 12.0 Å². The largest absolute Gasteiger partial charge is 0.326 e. The van der Waals surface area contributed by atoms with E-state index >= 15 is 0 Å². The van der Waals surface area contributed by atoms with Gasteiger partial charge in [-0.15, -0.1) is 0 Å². The van der Waals surface area contributed by atoms with Gasteiger partial charge in [-0.05, 0) is 80.2 Å². The summed E-state index contributed by atoms with van der Waals surface area (Å²) in [4.78, 5) is 14.2. The zero-order valence-corrected chi connectivity index (χ0v) is 20.8. The zero-order chi connectivity index (χ0) is 23.4. The maximum atomic E-state index is 12.2. The van der Waals surface area contributed by atoms with Gasteiger partial charge in [-0.25, -0.2) is 0 Å². The van der Waals surface area contributed by atoms with Crippen LogP contribution in [0.3, 0.4) is 0 Å². The highest BCUT2D eigenvalue weighted by Crippen LogP contribution is 2.34. The number of rotatable bonds is 7. The molecular weight excluding hydrogens is 474 g/mol. The van der Waals surface area contributed by atoms with Gasteiger partial charge in [-0.3, -0.25) is 4.79 Å². The fraction of sp³-hybridized carbons (Fsp3) is 0.179. The van der Waals surface area contributed by atoms with Crippen molar-refractivity contribution in [3.63, 3.8) is 0 Å². The van der Waals surface area contributed by atoms with Crippen molar-refractivity contribution in [1.29, 1.82) is 0 Å². The minimum absolute atomic E-state index is 0.0252. The Morgan fingerprint density at radius 1 is 0.848 bits per heavy atom. The molecule has 3 aromatic carbocycles. The molecule has 0 aliphatic rings. The maximum absolute atomic E-state index is 12.2. The van der Waals surface area contributed by atoms with E-state index in [1.54, 1.807) is 0 Å². The van der Waals surface area contributed by atoms with Crippen LogP contribution in [0, 0.1) is 6.92 Å². The zero-order valence-electron chi connectivity index (χ0n) is 19.2. The summed E-state index contributed by atoms with van der Waals surface area (Å²) in [7, 11) is 3.93. The third kappa shape index (κ3) is 5.44. The number of amides is 1. The first kappa shape index (κ1) is 23.0. The number of hydrogen-bond acceptors (Lipinski definition) is 2. The van der Waals surface area contributed by atoms with Crippen LogP contribution in [0.25, 0.3) is 28.2 Å². The molecule has 4 rings (SSSR count). The molecule has 168 valence electrons. The maximum Gasteiger partial charge on any atom is 0.225 e. The number of hydrogen-bond donors (Lipinski definition) is 1. The van der Waals surface area contributed by atoms with Crippen LogP contribution in [0.5, 0.6) is 0 Å². The van der Waals surface area contributed by atoms with E-state index in [1.165, 1.54) is 5.56 Å². The molecule has 0 unspecified atom stereocenters. The lowest BCUT2D eigenvalue weighted by Crippen LogP contribution is -2.20. The Kier molecular flexibility index (Phi) is 7.11. The van der Waals surface area contributed by atoms with Gasteiger partial charge in [-0.2, -0.15) is 0 Å². The van der Waals surface area contributed by atoms with Gasteiger partial charge in [0.05, 0.1) is 11.4 Å². The summed E-state index contributed by atoms with van der Waals surface area (Å²) in [6.45, 7) is 2.86. The van der Waals surface area contributed by atoms with Gasteiger partial charge < -0.3 is 14.8 Å². The van der Waals surface area contributed by atoms with E-state index in [9.17, 15) is 4.79 Å². The minimum Gasteiger partial charge on any atom is -0.326 e. The van der Waals surface area contributed by atoms with E-state index < -0.39 is 0 Å². The lowest BCUT2D eigenvalue weighted by atomic mass is 10.1. The highest BCUT2D eigenvalue weighted by molar-refractivity contribution is 9.10. The number of nitrogens with zero attached hydrogens (tertiary/aromatic N) is 2. The second-order valence-corrected chi connectivity index (χ2v) is 9.33. The molecule has 1 heterocycles. The van der Waals surface area contributed by atoms with Crippen molar-refractivity contribution in [1.82, 2.24) is 9.47 Å². The van der Waals surface area contributed by atoms with Crippen molar-refractivity contribution in [2.24, 2.45) is 0 Å². The topological polar surface area (TPSA) is 37.3 Å². The standard InChI is InChI=1S/C28H28BrN3O/c1-20-6-4-5-7-25(20)32-26(21-8-12-23(29)13-9-21)16-17-27(32)22-10-14-24(15-11-22)30-28(33)18-19-31(2)3/h4-17H,18-19H2,1-3H3,(H,30,33). The number of anilines is 1. The van der Waals surface area contributed by atoms with Crippen molar-refractivity contribution < 1.29 is 4.79 Å². The van der Waals surface area contributed by atoms with Gasteiger partial charge in [0.1, 0.15) is 0 Å². The summed E-state index contributed by atoms with van der Waals surface area (Å²) >= 11 is 3.54. The van der Waals surface area contributed by atoms with E-state index in [4.69, 9.17) is 0 Å². The van der Waals surface area contributed by atoms with Crippen molar-refractivity contribution in [2.75, 3.05) is 26.0 Å². The van der Waals surface area contributed by atoms with Gasteiger partial charge >= 0.3 is 0 Å². The number of halogens is 1. The van der Waals surface area contributed by atoms with Gasteiger partial charge in [0.15, 0.2) is 0 Å². The number of aryl methyl sites for hydroxylation is 1. The summed E-state index contributed by atoms with van der Waals surface area (Å²) in [5, 5.41) is 2.99. The fourth-order valence-electron chi connectivity index (χ4n) is 3.85. The molecule has 1 amide bonds. The number of para-hydroxylation sites is 1. The Morgan fingerprint density at radius 2 is 1.42 bits per heavy atom. The molecule has 0 aliphatic heterocycles. The van der Waals surface area contributed by atoms with Crippen LogP contribution in [0.15, 0.2) is 89.4 Å². The molecule has 0 fully saturated rings. The van der Waals surface area contributed by atoms with E-state index in [0.717, 1.165) is 44.9 Å². The van der Waals surface area contributed by atoms with Crippen LogP contribution in [0.2, 0.25) is 0 Å². The number of carbonyl (C=O) groups is 1. The molecule has 0 saturated heterocycles. The summed E-state index contributed by atoms with van der Waals surface area (Å²) in [5.41, 5.74) is 7.64. The first-order valence-corrected chi connectivity index (χ1v) is 11.8. The molecule has 0 radical (unpaired) electrons. The third-order valence-corrected chi connectivity index (χ3v) is 6.16. The number of carbonyl (C=O) groups excluding carboxylic acids is 1. The molecule has 0 aliphatic carbocycles. The molecule has 1 aromatic heterocycles. The summed E-state index contributed by atoms with van der Waals surface area (Å²) in [5.74, 6) is 0.0252. The molecule has 0 bridgehead atoms. The Labute approximate surface area is 204 Å². The van der Waals surface area contributed by atoms with Crippen LogP contribution < -0.4 is 5.32 Å². The van der Waals surface area contributed by atoms with Crippen molar-refractivity contribution in [2.45, 2.75) is 13.3 Å². The predicted octanol–water partition coefficient (Wildman–Crippen LogP) is 6.77. The molecule has 0 atom stereocenters. The van der Waals surface area contributed by atoms with Crippen molar-refractivity contribution in [3.8, 4) is 28.2 Å². The lowest BCUT2D eigenvalue weighted by Gasteiger charge is -2.17. The molecule has 4 aromatic rings. The van der Waals surface area contributed by atoms with E-state index in [2.05, 4.69) is 106 Å². The molecule has 4 nitrogen and oxygen atoms in total. The van der Waals surface area contributed by atoms with E-state index in [1.807, 2.05) is 31.1 Å². The monoisotopic (exact) mass is 501 g/mol. The summed E-state index contributed by atoms with van der Waals surface area (Å²) in [6, 6.07) is 29.2. The molecular formula is C28H28BrN3O. The smallest absolute Gasteiger partial charge is 0.225 e. The quantitative estimate of drug-likeness (QED) is 0.303. The summed E-state index contributed by atoms with van der Waals surface area (Å²) < 4.78 is 3.37. The number of benzene rings is 3. The Balaban J connectivity index is 1.70. The lowest BCUT2D eigenvalue weighted by molar-refractivity contribution is -0.116. The normalized spacial score (nSPS) is 11.1. The minimum atomic E-state index is 0.0252. The second-order valence-electron chi connectivity index (χ2n) is 8.41. The Hall–Kier alpha value is -3.15. The first-order chi connectivity index (χ1) is 15.9. The Morgan fingerprint density at radius 3 is 2.00 bits per heavy atom. The molecule has 0 spiro atoms. The molecule has 0 saturated carbocycles. The average Bonchev–Trinajstić information content (AvgIpc) is 3.24. The van der Waals surface area contributed by atoms with Crippen LogP contribution in [0.4, 0.5) is 5.69 Å². The van der Waals surface area contributed by atoms with Gasteiger partial charge in [-0.1, -0.05) is 58.4 Å². The predicted molar refractivity (Wildman–Crippen MR) is 141 cm³/mol. The van der Waals surface area contributed by atoms with Crippen molar-refractivity contribution in [3.05, 3.63) is 95.0 Å². The molecule has 33 heavy (non-hydrogen) atoms. The third-order valence-electron chi connectivity index (χ3n) is 5.63. The first-order valence-electron chi connectivity index (χ1n) is 11.0. The second kappa shape index (κ2) is 10.2. The highest BCUT2D eigenvalue weighted by atomic mass is 79.9. The highest BCUT2D eigenvalue weighted by Gasteiger charge is 2.15. The van der Waals surface area contributed by atoms with Gasteiger partial charge in [0, 0.05) is 28.8 Å². The SMILES string of the molecule is Cc1ccccc1-n1c(-c2ccc(Br)cc2)ccc1-c1ccc(NC(=O)CCN(C)C)cc1. The van der Waals surface area contributed by atoms with E-state index in [0.29, 0.717) is 6.42 Å². The van der Waals surface area contributed by atoms with Crippen LogP contribution in [-0.2, 0) is 4.79 Å². The summed E-state index contributed by atoms with van der Waals surface area (Å²) in [6.07, 6.45) is 0.474. The number of aromatic nitrogens is 1. The molecule has 5 heteroatoms.